The van der Waals surface area contributed by atoms with E-state index < -0.39 is 6.10 Å². The SMILES string of the molecule is COc1ccc(-c2nc3c(ncc4c3n(C3CCN(C(=O)[C@@H](C)O)CC3)c(=O)n4C)s2)cn1. The molecule has 0 aromatic carbocycles. The van der Waals surface area contributed by atoms with Gasteiger partial charge in [-0.05, 0) is 25.8 Å². The summed E-state index contributed by atoms with van der Waals surface area (Å²) in [5.74, 6) is 0.250. The zero-order valence-corrected chi connectivity index (χ0v) is 19.4. The van der Waals surface area contributed by atoms with Gasteiger partial charge < -0.3 is 14.7 Å². The summed E-state index contributed by atoms with van der Waals surface area (Å²) in [5, 5.41) is 10.4. The molecule has 0 aliphatic carbocycles. The third-order valence-electron chi connectivity index (χ3n) is 6.17. The highest BCUT2D eigenvalue weighted by Crippen LogP contribution is 2.34. The van der Waals surface area contributed by atoms with E-state index in [9.17, 15) is 14.7 Å². The third kappa shape index (κ3) is 3.57. The number of amides is 1. The number of aliphatic hydroxyl groups is 1. The molecule has 1 N–H and O–H groups in total. The maximum absolute atomic E-state index is 13.2. The third-order valence-corrected chi connectivity index (χ3v) is 7.18. The number of piperidine rings is 1. The molecule has 1 amide bonds. The molecule has 0 unspecified atom stereocenters. The first-order chi connectivity index (χ1) is 15.9. The lowest BCUT2D eigenvalue weighted by Crippen LogP contribution is -2.44. The van der Waals surface area contributed by atoms with E-state index in [0.717, 1.165) is 26.4 Å². The molecular weight excluding hydrogens is 444 g/mol. The van der Waals surface area contributed by atoms with E-state index in [4.69, 9.17) is 9.72 Å². The van der Waals surface area contributed by atoms with Crippen LogP contribution < -0.4 is 10.4 Å². The summed E-state index contributed by atoms with van der Waals surface area (Å²) in [6, 6.07) is 3.61. The second kappa shape index (κ2) is 8.23. The number of thiazole rings is 1. The van der Waals surface area contributed by atoms with Gasteiger partial charge in [-0.1, -0.05) is 11.3 Å². The van der Waals surface area contributed by atoms with E-state index >= 15 is 0 Å². The van der Waals surface area contributed by atoms with Crippen LogP contribution in [0.15, 0.2) is 29.3 Å². The van der Waals surface area contributed by atoms with Gasteiger partial charge in [0.1, 0.15) is 27.0 Å². The highest BCUT2D eigenvalue weighted by Gasteiger charge is 2.29. The molecule has 0 bridgehead atoms. The molecule has 33 heavy (non-hydrogen) atoms. The molecule has 10 nitrogen and oxygen atoms in total. The van der Waals surface area contributed by atoms with Crippen molar-refractivity contribution >= 4 is 38.6 Å². The highest BCUT2D eigenvalue weighted by atomic mass is 32.1. The average molecular weight is 469 g/mol. The monoisotopic (exact) mass is 468 g/mol. The zero-order chi connectivity index (χ0) is 23.3. The summed E-state index contributed by atoms with van der Waals surface area (Å²) in [7, 11) is 3.31. The number of methoxy groups -OCH3 is 1. The number of carbonyl (C=O) groups excluding carboxylic acids is 1. The van der Waals surface area contributed by atoms with Crippen molar-refractivity contribution in [3.63, 3.8) is 0 Å². The quantitative estimate of drug-likeness (QED) is 0.487. The molecule has 0 radical (unpaired) electrons. The summed E-state index contributed by atoms with van der Waals surface area (Å²) in [4.78, 5) is 41.5. The van der Waals surface area contributed by atoms with E-state index in [1.54, 1.807) is 46.7 Å². The molecule has 4 aromatic heterocycles. The summed E-state index contributed by atoms with van der Waals surface area (Å²) in [5.41, 5.74) is 2.89. The number of carbonyl (C=O) groups is 1. The highest BCUT2D eigenvalue weighted by molar-refractivity contribution is 7.21. The van der Waals surface area contributed by atoms with E-state index in [1.807, 2.05) is 6.07 Å². The number of hydrogen-bond donors (Lipinski definition) is 1. The Morgan fingerprint density at radius 1 is 1.24 bits per heavy atom. The fourth-order valence-corrected chi connectivity index (χ4v) is 5.30. The molecule has 1 atom stereocenters. The van der Waals surface area contributed by atoms with Gasteiger partial charge in [0.25, 0.3) is 5.91 Å². The van der Waals surface area contributed by atoms with Crippen LogP contribution >= 0.6 is 11.3 Å². The Morgan fingerprint density at radius 3 is 2.64 bits per heavy atom. The van der Waals surface area contributed by atoms with Crippen molar-refractivity contribution in [3.05, 3.63) is 35.0 Å². The van der Waals surface area contributed by atoms with E-state index in [2.05, 4.69) is 9.97 Å². The predicted molar refractivity (Wildman–Crippen MR) is 124 cm³/mol. The van der Waals surface area contributed by atoms with Crippen molar-refractivity contribution in [2.24, 2.45) is 7.05 Å². The van der Waals surface area contributed by atoms with Crippen LogP contribution in [0, 0.1) is 0 Å². The molecule has 4 aromatic rings. The molecule has 0 saturated carbocycles. The second-order valence-corrected chi connectivity index (χ2v) is 9.18. The molecule has 1 aliphatic rings. The molecule has 1 saturated heterocycles. The van der Waals surface area contributed by atoms with Crippen LogP contribution in [0.5, 0.6) is 5.88 Å². The number of aryl methyl sites for hydroxylation is 1. The number of likely N-dealkylation sites (tertiary alicyclic amines) is 1. The summed E-state index contributed by atoms with van der Waals surface area (Å²) >= 11 is 1.45. The van der Waals surface area contributed by atoms with E-state index in [-0.39, 0.29) is 17.6 Å². The fourth-order valence-electron chi connectivity index (χ4n) is 4.40. The summed E-state index contributed by atoms with van der Waals surface area (Å²) < 4.78 is 8.54. The average Bonchev–Trinajstić information content (AvgIpc) is 3.38. The van der Waals surface area contributed by atoms with Gasteiger partial charge in [-0.15, -0.1) is 0 Å². The minimum Gasteiger partial charge on any atom is -0.481 e. The van der Waals surface area contributed by atoms with Crippen LogP contribution in [0.25, 0.3) is 32.0 Å². The molecule has 1 fully saturated rings. The molecule has 172 valence electrons. The smallest absolute Gasteiger partial charge is 0.329 e. The molecule has 5 rings (SSSR count). The fraction of sp³-hybridized carbons (Fsp3) is 0.409. The van der Waals surface area contributed by atoms with Gasteiger partial charge in [0.2, 0.25) is 5.88 Å². The first-order valence-electron chi connectivity index (χ1n) is 10.7. The van der Waals surface area contributed by atoms with Gasteiger partial charge in [-0.25, -0.2) is 19.7 Å². The van der Waals surface area contributed by atoms with Crippen molar-refractivity contribution < 1.29 is 14.6 Å². The summed E-state index contributed by atoms with van der Waals surface area (Å²) in [6.07, 6.45) is 3.66. The molecule has 11 heteroatoms. The number of nitrogens with zero attached hydrogens (tertiary/aromatic N) is 6. The number of rotatable bonds is 4. The molecular formula is C22H24N6O4S. The first-order valence-corrected chi connectivity index (χ1v) is 11.5. The van der Waals surface area contributed by atoms with E-state index in [1.165, 1.54) is 18.3 Å². The lowest BCUT2D eigenvalue weighted by molar-refractivity contribution is -0.140. The number of hydrogen-bond acceptors (Lipinski definition) is 8. The number of pyridine rings is 2. The van der Waals surface area contributed by atoms with Crippen LogP contribution in [0.1, 0.15) is 25.8 Å². The number of imidazole rings is 1. The minimum atomic E-state index is -1.02. The van der Waals surface area contributed by atoms with Crippen LogP contribution in [-0.4, -0.2) is 66.3 Å². The van der Waals surface area contributed by atoms with Gasteiger partial charge in [-0.2, -0.15) is 0 Å². The Labute approximate surface area is 193 Å². The van der Waals surface area contributed by atoms with Crippen LogP contribution in [0.4, 0.5) is 0 Å². The normalized spacial score (nSPS) is 15.9. The Bertz CT molecular complexity index is 1400. The molecule has 1 aliphatic heterocycles. The van der Waals surface area contributed by atoms with Gasteiger partial charge in [-0.3, -0.25) is 13.9 Å². The van der Waals surface area contributed by atoms with Crippen molar-refractivity contribution in [3.8, 4) is 16.5 Å². The summed E-state index contributed by atoms with van der Waals surface area (Å²) in [6.45, 7) is 2.46. The van der Waals surface area contributed by atoms with Crippen LogP contribution in [0.2, 0.25) is 0 Å². The zero-order valence-electron chi connectivity index (χ0n) is 18.6. The number of aliphatic hydroxyl groups excluding tert-OH is 1. The van der Waals surface area contributed by atoms with Gasteiger partial charge >= 0.3 is 5.69 Å². The Balaban J connectivity index is 1.58. The first kappa shape index (κ1) is 21.5. The van der Waals surface area contributed by atoms with Gasteiger partial charge in [0, 0.05) is 44.0 Å². The van der Waals surface area contributed by atoms with Crippen molar-refractivity contribution in [1.29, 1.82) is 0 Å². The van der Waals surface area contributed by atoms with Crippen LogP contribution in [-0.2, 0) is 11.8 Å². The standard InChI is InChI=1S/C22H24N6O4S/c1-12(29)21(30)27-8-6-14(7-9-27)28-18-15(26(2)22(28)31)11-24-20-17(18)25-19(33-20)13-4-5-16(32-3)23-10-13/h4-5,10-12,14,29H,6-9H2,1-3H3/t12-/m1/s1. The minimum absolute atomic E-state index is 0.0716. The van der Waals surface area contributed by atoms with Crippen molar-refractivity contribution in [2.45, 2.75) is 31.9 Å². The van der Waals surface area contributed by atoms with Crippen molar-refractivity contribution in [1.82, 2.24) is 29.0 Å². The van der Waals surface area contributed by atoms with Gasteiger partial charge in [0.05, 0.1) is 18.8 Å². The molecule has 5 heterocycles. The Kier molecular flexibility index (Phi) is 5.37. The van der Waals surface area contributed by atoms with E-state index in [0.29, 0.717) is 37.3 Å². The maximum atomic E-state index is 13.2. The van der Waals surface area contributed by atoms with Crippen molar-refractivity contribution in [2.75, 3.05) is 20.2 Å². The molecule has 0 spiro atoms. The Morgan fingerprint density at radius 2 is 2.00 bits per heavy atom. The van der Waals surface area contributed by atoms with Gasteiger partial charge in [0.15, 0.2) is 0 Å². The number of fused-ring (bicyclic) bond motifs is 3. The predicted octanol–water partition coefficient (Wildman–Crippen LogP) is 1.96. The largest absolute Gasteiger partial charge is 0.481 e. The second-order valence-electron chi connectivity index (χ2n) is 8.20. The number of aromatic nitrogens is 5. The lowest BCUT2D eigenvalue weighted by atomic mass is 10.0. The number of ether oxygens (including phenoxy) is 1. The lowest BCUT2D eigenvalue weighted by Gasteiger charge is -2.33. The Hall–Kier alpha value is -3.31. The van der Waals surface area contributed by atoms with Crippen LogP contribution in [0.3, 0.4) is 0 Å². The topological polar surface area (TPSA) is 115 Å². The maximum Gasteiger partial charge on any atom is 0.329 e.